The molecule has 1 atom stereocenters. The van der Waals surface area contributed by atoms with Crippen molar-refractivity contribution in [3.05, 3.63) is 65.0 Å². The molecule has 6 nitrogen and oxygen atoms in total. The van der Waals surface area contributed by atoms with Crippen LogP contribution >= 0.6 is 0 Å². The summed E-state index contributed by atoms with van der Waals surface area (Å²) in [5, 5.41) is 1.79. The van der Waals surface area contributed by atoms with Crippen molar-refractivity contribution in [2.75, 3.05) is 0 Å². The molecule has 0 aromatic heterocycles. The molecule has 1 unspecified atom stereocenters. The zero-order valence-corrected chi connectivity index (χ0v) is 16.5. The molecule has 2 aromatic rings. The highest BCUT2D eigenvalue weighted by Crippen LogP contribution is 2.35. The molecule has 0 aliphatic carbocycles. The first-order valence-electron chi connectivity index (χ1n) is 8.70. The Kier molecular flexibility index (Phi) is 5.35. The minimum Gasteiger partial charge on any atom is -0.337 e. The Hall–Kier alpha value is -2.95. The Balaban J connectivity index is 1.96. The van der Waals surface area contributed by atoms with Gasteiger partial charge in [0.25, 0.3) is 21.8 Å². The molecule has 0 saturated carbocycles. The first-order valence-corrected chi connectivity index (χ1v) is 10.1. The number of amides is 2. The number of alkyl halides is 3. The van der Waals surface area contributed by atoms with Crippen LogP contribution in [0, 0.1) is 5.82 Å². The van der Waals surface area contributed by atoms with E-state index in [0.717, 1.165) is 42.5 Å². The van der Waals surface area contributed by atoms with Gasteiger partial charge in [-0.05, 0) is 49.7 Å². The summed E-state index contributed by atoms with van der Waals surface area (Å²) in [4.78, 5) is 24.3. The third kappa shape index (κ3) is 3.76. The number of hydrogen-bond donors (Lipinski definition) is 1. The molecular weight excluding hydrogens is 428 g/mol. The van der Waals surface area contributed by atoms with Crippen LogP contribution in [-0.2, 0) is 10.0 Å². The van der Waals surface area contributed by atoms with E-state index >= 15 is 0 Å². The number of carbonyl (C=O) groups excluding carboxylic acids is 2. The molecular formula is C19H16F4N2O4S. The monoisotopic (exact) mass is 444 g/mol. The van der Waals surface area contributed by atoms with Crippen LogP contribution in [0.25, 0.3) is 0 Å². The lowest BCUT2D eigenvalue weighted by Crippen LogP contribution is -2.38. The number of rotatable bonds is 4. The predicted octanol–water partition coefficient (Wildman–Crippen LogP) is 3.41. The molecule has 1 heterocycles. The third-order valence-corrected chi connectivity index (χ3v) is 6.49. The Bertz CT molecular complexity index is 1110. The standard InChI is InChI=1S/C19H16F4N2O4S/c1-10(2)25-18(27)14-8-5-12(9-15(14)30(25,28)29)17(26)24-16(19(21,22)23)11-3-6-13(20)7-4-11/h3-10,16H,1-2H3,(H,24,26). The van der Waals surface area contributed by atoms with Gasteiger partial charge < -0.3 is 5.32 Å². The van der Waals surface area contributed by atoms with Gasteiger partial charge in [0.2, 0.25) is 0 Å². The van der Waals surface area contributed by atoms with Gasteiger partial charge in [0.1, 0.15) is 10.7 Å². The van der Waals surface area contributed by atoms with Gasteiger partial charge in [-0.25, -0.2) is 17.1 Å². The molecule has 0 saturated heterocycles. The molecule has 1 N–H and O–H groups in total. The zero-order valence-electron chi connectivity index (χ0n) is 15.7. The van der Waals surface area contributed by atoms with Gasteiger partial charge in [0.15, 0.2) is 6.04 Å². The fourth-order valence-corrected chi connectivity index (χ4v) is 4.92. The maximum absolute atomic E-state index is 13.5. The molecule has 1 aliphatic heterocycles. The predicted molar refractivity (Wildman–Crippen MR) is 97.6 cm³/mol. The van der Waals surface area contributed by atoms with Crippen molar-refractivity contribution in [3.8, 4) is 0 Å². The molecule has 0 fully saturated rings. The number of hydrogen-bond acceptors (Lipinski definition) is 4. The van der Waals surface area contributed by atoms with E-state index in [2.05, 4.69) is 0 Å². The molecule has 1 aliphatic rings. The van der Waals surface area contributed by atoms with E-state index in [1.54, 1.807) is 5.32 Å². The normalized spacial score (nSPS) is 16.5. The summed E-state index contributed by atoms with van der Waals surface area (Å²) in [6.45, 7) is 2.98. The first kappa shape index (κ1) is 21.8. The molecule has 11 heteroatoms. The number of halogens is 4. The highest BCUT2D eigenvalue weighted by Gasteiger charge is 2.44. The maximum atomic E-state index is 13.5. The van der Waals surface area contributed by atoms with Crippen LogP contribution in [-0.4, -0.2) is 36.8 Å². The summed E-state index contributed by atoms with van der Waals surface area (Å²) in [6.07, 6.45) is -4.89. The van der Waals surface area contributed by atoms with Crippen molar-refractivity contribution in [1.29, 1.82) is 0 Å². The van der Waals surface area contributed by atoms with Gasteiger partial charge >= 0.3 is 6.18 Å². The summed E-state index contributed by atoms with van der Waals surface area (Å²) in [6, 6.07) is 3.35. The van der Waals surface area contributed by atoms with Gasteiger partial charge in [-0.1, -0.05) is 12.1 Å². The van der Waals surface area contributed by atoms with Crippen LogP contribution in [0.15, 0.2) is 47.4 Å². The maximum Gasteiger partial charge on any atom is 0.412 e. The highest BCUT2D eigenvalue weighted by molar-refractivity contribution is 7.90. The van der Waals surface area contributed by atoms with Crippen LogP contribution in [0.2, 0.25) is 0 Å². The fraction of sp³-hybridized carbons (Fsp3) is 0.263. The highest BCUT2D eigenvalue weighted by atomic mass is 32.2. The summed E-state index contributed by atoms with van der Waals surface area (Å²) in [7, 11) is -4.22. The quantitative estimate of drug-likeness (QED) is 0.733. The Labute approximate surface area is 169 Å². The van der Waals surface area contributed by atoms with E-state index in [0.29, 0.717) is 4.31 Å². The lowest BCUT2D eigenvalue weighted by atomic mass is 10.0. The average molecular weight is 444 g/mol. The van der Waals surface area contributed by atoms with Gasteiger partial charge in [-0.15, -0.1) is 0 Å². The summed E-state index contributed by atoms with van der Waals surface area (Å²) in [5.74, 6) is -2.71. The Morgan fingerprint density at radius 1 is 1.07 bits per heavy atom. The Morgan fingerprint density at radius 3 is 2.20 bits per heavy atom. The number of carbonyl (C=O) groups is 2. The second-order valence-corrected chi connectivity index (χ2v) is 8.69. The molecule has 0 spiro atoms. The van der Waals surface area contributed by atoms with Crippen molar-refractivity contribution >= 4 is 21.8 Å². The number of nitrogens with one attached hydrogen (secondary N) is 1. The van der Waals surface area contributed by atoms with Crippen LogP contribution in [0.1, 0.15) is 46.2 Å². The average Bonchev–Trinajstić information content (AvgIpc) is 2.85. The second kappa shape index (κ2) is 7.38. The minimum absolute atomic E-state index is 0.161. The smallest absolute Gasteiger partial charge is 0.337 e. The van der Waals surface area contributed by atoms with Crippen molar-refractivity contribution in [2.45, 2.75) is 37.0 Å². The molecule has 0 radical (unpaired) electrons. The SMILES string of the molecule is CC(C)N1C(=O)c2ccc(C(=O)NC(c3ccc(F)cc3)C(F)(F)F)cc2S1(=O)=O. The lowest BCUT2D eigenvalue weighted by molar-refractivity contribution is -0.155. The summed E-state index contributed by atoms with van der Waals surface area (Å²) >= 11 is 0. The first-order chi connectivity index (χ1) is 13.8. The van der Waals surface area contributed by atoms with E-state index in [9.17, 15) is 35.6 Å². The van der Waals surface area contributed by atoms with Crippen LogP contribution in [0.5, 0.6) is 0 Å². The third-order valence-electron chi connectivity index (χ3n) is 4.49. The van der Waals surface area contributed by atoms with Crippen LogP contribution in [0.3, 0.4) is 0 Å². The minimum atomic E-state index is -4.89. The van der Waals surface area contributed by atoms with Crippen molar-refractivity contribution in [2.24, 2.45) is 0 Å². The largest absolute Gasteiger partial charge is 0.412 e. The fourth-order valence-electron chi connectivity index (χ4n) is 3.12. The topological polar surface area (TPSA) is 83.6 Å². The molecule has 2 aromatic carbocycles. The van der Waals surface area contributed by atoms with Gasteiger partial charge in [-0.3, -0.25) is 9.59 Å². The van der Waals surface area contributed by atoms with Crippen LogP contribution < -0.4 is 5.32 Å². The van der Waals surface area contributed by atoms with Crippen LogP contribution in [0.4, 0.5) is 17.6 Å². The molecule has 2 amide bonds. The summed E-state index contributed by atoms with van der Waals surface area (Å²) < 4.78 is 79.3. The summed E-state index contributed by atoms with van der Waals surface area (Å²) in [5.41, 5.74) is -0.926. The van der Waals surface area contributed by atoms with Crippen molar-refractivity contribution in [3.63, 3.8) is 0 Å². The molecule has 160 valence electrons. The van der Waals surface area contributed by atoms with Gasteiger partial charge in [-0.2, -0.15) is 13.2 Å². The second-order valence-electron chi connectivity index (χ2n) is 6.91. The van der Waals surface area contributed by atoms with Gasteiger partial charge in [0.05, 0.1) is 5.56 Å². The number of benzene rings is 2. The van der Waals surface area contributed by atoms with E-state index in [1.165, 1.54) is 13.8 Å². The molecule has 30 heavy (non-hydrogen) atoms. The van der Waals surface area contributed by atoms with E-state index in [1.807, 2.05) is 0 Å². The van der Waals surface area contributed by atoms with Crippen molar-refractivity contribution in [1.82, 2.24) is 9.62 Å². The molecule has 3 rings (SSSR count). The van der Waals surface area contributed by atoms with E-state index in [4.69, 9.17) is 0 Å². The number of sulfonamides is 1. The number of nitrogens with zero attached hydrogens (tertiary/aromatic N) is 1. The Morgan fingerprint density at radius 2 is 1.67 bits per heavy atom. The molecule has 0 bridgehead atoms. The zero-order chi connectivity index (χ0) is 22.4. The van der Waals surface area contributed by atoms with E-state index in [-0.39, 0.29) is 11.1 Å². The van der Waals surface area contributed by atoms with E-state index < -0.39 is 56.4 Å². The number of fused-ring (bicyclic) bond motifs is 1. The van der Waals surface area contributed by atoms with Crippen molar-refractivity contribution < 1.29 is 35.6 Å². The lowest BCUT2D eigenvalue weighted by Gasteiger charge is -2.22. The van der Waals surface area contributed by atoms with Gasteiger partial charge in [0, 0.05) is 11.6 Å².